The number of hydrogen-bond acceptors (Lipinski definition) is 2. The maximum atomic E-state index is 10.4. The highest BCUT2D eigenvalue weighted by Crippen LogP contribution is 2.23. The van der Waals surface area contributed by atoms with Crippen LogP contribution in [0.1, 0.15) is 20.3 Å². The molecule has 0 aromatic rings. The monoisotopic (exact) mass is 114 g/mol. The first-order chi connectivity index (χ1) is 3.75. The molecule has 0 amide bonds. The van der Waals surface area contributed by atoms with E-state index < -0.39 is 0 Å². The summed E-state index contributed by atoms with van der Waals surface area (Å²) < 4.78 is 4.76. The zero-order chi connectivity index (χ0) is 6.15. The molecule has 8 heavy (non-hydrogen) atoms. The van der Waals surface area contributed by atoms with Crippen molar-refractivity contribution in [3.05, 3.63) is 0 Å². The van der Waals surface area contributed by atoms with Crippen molar-refractivity contribution in [3.63, 3.8) is 0 Å². The molecule has 1 heterocycles. The molecule has 1 aliphatic rings. The highest BCUT2D eigenvalue weighted by atomic mass is 16.6. The minimum Gasteiger partial charge on any atom is -0.461 e. The second-order valence-corrected chi connectivity index (χ2v) is 2.17. The number of carbonyl (C=O) groups is 1. The molecule has 0 radical (unpaired) electrons. The number of rotatable bonds is 1. The van der Waals surface area contributed by atoms with E-state index in [9.17, 15) is 4.79 Å². The van der Waals surface area contributed by atoms with Crippen LogP contribution in [-0.4, -0.2) is 12.1 Å². The molecule has 1 aliphatic heterocycles. The smallest absolute Gasteiger partial charge is 0.312 e. The third-order valence-corrected chi connectivity index (χ3v) is 1.60. The van der Waals surface area contributed by atoms with Gasteiger partial charge >= 0.3 is 5.97 Å². The second-order valence-electron chi connectivity index (χ2n) is 2.17. The average molecular weight is 114 g/mol. The Morgan fingerprint density at radius 3 is 2.50 bits per heavy atom. The molecule has 2 atom stereocenters. The van der Waals surface area contributed by atoms with Crippen LogP contribution < -0.4 is 0 Å². The highest BCUT2D eigenvalue weighted by Gasteiger charge is 2.36. The van der Waals surface area contributed by atoms with Gasteiger partial charge in [0, 0.05) is 0 Å². The first-order valence-corrected chi connectivity index (χ1v) is 2.96. The fraction of sp³-hybridized carbons (Fsp3) is 0.833. The van der Waals surface area contributed by atoms with E-state index in [2.05, 4.69) is 0 Å². The van der Waals surface area contributed by atoms with Crippen LogP contribution in [0.2, 0.25) is 0 Å². The number of carbonyl (C=O) groups excluding carboxylic acids is 1. The van der Waals surface area contributed by atoms with Crippen molar-refractivity contribution in [2.75, 3.05) is 0 Å². The van der Waals surface area contributed by atoms with Crippen molar-refractivity contribution in [1.82, 2.24) is 0 Å². The predicted octanol–water partition coefficient (Wildman–Crippen LogP) is 0.958. The van der Waals surface area contributed by atoms with Crippen LogP contribution in [-0.2, 0) is 9.53 Å². The highest BCUT2D eigenvalue weighted by molar-refractivity contribution is 5.77. The second kappa shape index (κ2) is 1.77. The molecule has 0 N–H and O–H groups in total. The zero-order valence-electron chi connectivity index (χ0n) is 5.18. The third-order valence-electron chi connectivity index (χ3n) is 1.60. The normalized spacial score (nSPS) is 36.0. The molecule has 0 aliphatic carbocycles. The van der Waals surface area contributed by atoms with Crippen molar-refractivity contribution in [3.8, 4) is 0 Å². The molecular weight excluding hydrogens is 104 g/mol. The molecule has 0 aromatic heterocycles. The van der Waals surface area contributed by atoms with Crippen LogP contribution in [0.5, 0.6) is 0 Å². The van der Waals surface area contributed by atoms with E-state index in [0.29, 0.717) is 0 Å². The summed E-state index contributed by atoms with van der Waals surface area (Å²) >= 11 is 0. The third kappa shape index (κ3) is 0.602. The number of hydrogen-bond donors (Lipinski definition) is 0. The lowest BCUT2D eigenvalue weighted by molar-refractivity contribution is -0.182. The van der Waals surface area contributed by atoms with Gasteiger partial charge in [0.15, 0.2) is 0 Å². The van der Waals surface area contributed by atoms with Crippen LogP contribution in [0.25, 0.3) is 0 Å². The first kappa shape index (κ1) is 5.60. The van der Waals surface area contributed by atoms with Crippen LogP contribution in [0.4, 0.5) is 0 Å². The molecule has 0 spiro atoms. The van der Waals surface area contributed by atoms with E-state index in [1.165, 1.54) is 0 Å². The summed E-state index contributed by atoms with van der Waals surface area (Å²) in [6.07, 6.45) is 1.16. The molecular formula is C6H10O2. The van der Waals surface area contributed by atoms with Crippen LogP contribution in [0.3, 0.4) is 0 Å². The number of cyclic esters (lactones) is 1. The lowest BCUT2D eigenvalue weighted by atomic mass is 9.97. The largest absolute Gasteiger partial charge is 0.461 e. The lowest BCUT2D eigenvalue weighted by Gasteiger charge is -2.31. The van der Waals surface area contributed by atoms with Gasteiger partial charge in [-0.15, -0.1) is 0 Å². The average Bonchev–Trinajstić information content (AvgIpc) is 1.81. The Labute approximate surface area is 48.8 Å². The topological polar surface area (TPSA) is 26.3 Å². The van der Waals surface area contributed by atoms with Gasteiger partial charge in [0.2, 0.25) is 0 Å². The van der Waals surface area contributed by atoms with Gasteiger partial charge in [0.25, 0.3) is 0 Å². The molecule has 1 fully saturated rings. The summed E-state index contributed by atoms with van der Waals surface area (Å²) in [5.41, 5.74) is 0. The van der Waals surface area contributed by atoms with Crippen molar-refractivity contribution in [2.45, 2.75) is 26.4 Å². The molecule has 46 valence electrons. The number of esters is 1. The SMILES string of the molecule is CC[C@H]1OC(=O)C1C. The van der Waals surface area contributed by atoms with Gasteiger partial charge in [-0.2, -0.15) is 0 Å². The molecule has 2 heteroatoms. The van der Waals surface area contributed by atoms with Crippen LogP contribution in [0, 0.1) is 5.92 Å². The zero-order valence-corrected chi connectivity index (χ0v) is 5.18. The molecule has 2 nitrogen and oxygen atoms in total. The fourth-order valence-corrected chi connectivity index (χ4v) is 0.875. The summed E-state index contributed by atoms with van der Waals surface area (Å²) in [4.78, 5) is 10.4. The number of ether oxygens (including phenoxy) is 1. The molecule has 1 unspecified atom stereocenters. The van der Waals surface area contributed by atoms with Crippen molar-refractivity contribution >= 4 is 5.97 Å². The Balaban J connectivity index is 2.35. The lowest BCUT2D eigenvalue weighted by Crippen LogP contribution is -2.42. The van der Waals surface area contributed by atoms with E-state index in [-0.39, 0.29) is 18.0 Å². The maximum Gasteiger partial charge on any atom is 0.312 e. The Bertz CT molecular complexity index is 109. The Morgan fingerprint density at radius 2 is 2.38 bits per heavy atom. The van der Waals surface area contributed by atoms with E-state index in [1.54, 1.807) is 0 Å². The van der Waals surface area contributed by atoms with Gasteiger partial charge in [-0.1, -0.05) is 6.92 Å². The fourth-order valence-electron chi connectivity index (χ4n) is 0.875. The predicted molar refractivity (Wildman–Crippen MR) is 29.3 cm³/mol. The quantitative estimate of drug-likeness (QED) is 0.474. The van der Waals surface area contributed by atoms with E-state index >= 15 is 0 Å². The van der Waals surface area contributed by atoms with E-state index in [0.717, 1.165) is 6.42 Å². The van der Waals surface area contributed by atoms with Gasteiger partial charge < -0.3 is 4.74 Å². The summed E-state index contributed by atoms with van der Waals surface area (Å²) in [5, 5.41) is 0. The molecule has 0 aromatic carbocycles. The maximum absolute atomic E-state index is 10.4. The molecule has 0 saturated carbocycles. The standard InChI is InChI=1S/C6H10O2/c1-3-5-4(2)6(7)8-5/h4-5H,3H2,1-2H3/t4?,5-/m1/s1. The Morgan fingerprint density at radius 1 is 1.75 bits per heavy atom. The van der Waals surface area contributed by atoms with Crippen molar-refractivity contribution < 1.29 is 9.53 Å². The van der Waals surface area contributed by atoms with Gasteiger partial charge in [-0.3, -0.25) is 4.79 Å². The summed E-state index contributed by atoms with van der Waals surface area (Å²) in [5.74, 6) is 0.108. The minimum absolute atomic E-state index is 0.0446. The van der Waals surface area contributed by atoms with Crippen LogP contribution >= 0.6 is 0 Å². The van der Waals surface area contributed by atoms with Gasteiger partial charge in [0.1, 0.15) is 6.10 Å². The van der Waals surface area contributed by atoms with Crippen molar-refractivity contribution in [2.24, 2.45) is 5.92 Å². The Hall–Kier alpha value is -0.530. The van der Waals surface area contributed by atoms with Gasteiger partial charge in [-0.05, 0) is 13.3 Å². The molecule has 1 rings (SSSR count). The summed E-state index contributed by atoms with van der Waals surface area (Å²) in [6.45, 7) is 3.92. The first-order valence-electron chi connectivity index (χ1n) is 2.96. The summed E-state index contributed by atoms with van der Waals surface area (Å²) in [7, 11) is 0. The van der Waals surface area contributed by atoms with Gasteiger partial charge in [0.05, 0.1) is 5.92 Å². The van der Waals surface area contributed by atoms with Crippen molar-refractivity contribution in [1.29, 1.82) is 0 Å². The minimum atomic E-state index is -0.0446. The van der Waals surface area contributed by atoms with Crippen LogP contribution in [0.15, 0.2) is 0 Å². The Kier molecular flexibility index (Phi) is 1.24. The van der Waals surface area contributed by atoms with Gasteiger partial charge in [-0.25, -0.2) is 0 Å². The van der Waals surface area contributed by atoms with E-state index in [1.807, 2.05) is 13.8 Å². The van der Waals surface area contributed by atoms with E-state index in [4.69, 9.17) is 4.74 Å². The molecule has 1 saturated heterocycles. The summed E-state index contributed by atoms with van der Waals surface area (Å²) in [6, 6.07) is 0. The molecule has 0 bridgehead atoms.